The summed E-state index contributed by atoms with van der Waals surface area (Å²) in [4.78, 5) is 26.2. The number of carboxylic acid groups (broad SMARTS) is 1. The van der Waals surface area contributed by atoms with Crippen molar-refractivity contribution in [2.75, 3.05) is 22.4 Å². The monoisotopic (exact) mass is 446 g/mol. The number of piperidine rings is 1. The van der Waals surface area contributed by atoms with E-state index in [1.807, 2.05) is 13.0 Å². The quantitative estimate of drug-likeness (QED) is 0.535. The highest BCUT2D eigenvalue weighted by molar-refractivity contribution is 6.37. The molecule has 1 aliphatic rings. The fourth-order valence-corrected chi connectivity index (χ4v) is 4.29. The number of nitrogens with zero attached hydrogens (tertiary/aromatic N) is 2. The predicted octanol–water partition coefficient (Wildman–Crippen LogP) is 5.50. The number of aryl methyl sites for hydroxylation is 1. The number of carboxylic acids is 1. The molecule has 4 rings (SSSR count). The molecule has 1 aliphatic heterocycles. The molecule has 156 valence electrons. The van der Waals surface area contributed by atoms with Gasteiger partial charge < -0.3 is 14.4 Å². The van der Waals surface area contributed by atoms with Crippen LogP contribution in [0, 0.1) is 12.8 Å². The molecular weight excluding hydrogens is 427 g/mol. The number of amides is 1. The van der Waals surface area contributed by atoms with E-state index in [1.54, 1.807) is 36.4 Å². The lowest BCUT2D eigenvalue weighted by molar-refractivity contribution is -0.121. The number of hydrogen-bond acceptors (Lipinski definition) is 4. The molecule has 0 saturated carbocycles. The molecule has 0 spiro atoms. The van der Waals surface area contributed by atoms with Crippen LogP contribution in [0.3, 0.4) is 0 Å². The van der Waals surface area contributed by atoms with Gasteiger partial charge in [-0.2, -0.15) is 0 Å². The molecule has 0 atom stereocenters. The topological polar surface area (TPSA) is 74.0 Å². The van der Waals surface area contributed by atoms with Crippen molar-refractivity contribution in [1.82, 2.24) is 0 Å². The number of anilines is 2. The number of hydrogen-bond donors (Lipinski definition) is 1. The van der Waals surface area contributed by atoms with E-state index in [0.717, 1.165) is 16.6 Å². The van der Waals surface area contributed by atoms with Crippen molar-refractivity contribution < 1.29 is 19.1 Å². The van der Waals surface area contributed by atoms with Crippen LogP contribution in [0.4, 0.5) is 11.4 Å². The molecule has 0 bridgehead atoms. The largest absolute Gasteiger partial charge is 0.475 e. The normalized spacial score (nSPS) is 14.8. The number of halogens is 2. The van der Waals surface area contributed by atoms with Crippen LogP contribution in [0.1, 0.15) is 29.0 Å². The number of aromatic carboxylic acids is 1. The van der Waals surface area contributed by atoms with Gasteiger partial charge in [-0.05, 0) is 67.8 Å². The fraction of sp³-hybridized carbons (Fsp3) is 0.273. The number of rotatable bonds is 4. The lowest BCUT2D eigenvalue weighted by Gasteiger charge is -2.34. The Balaban J connectivity index is 1.46. The van der Waals surface area contributed by atoms with Crippen LogP contribution < -0.4 is 9.32 Å². The number of furan rings is 1. The van der Waals surface area contributed by atoms with Crippen LogP contribution in [0.25, 0.3) is 11.0 Å². The van der Waals surface area contributed by atoms with Gasteiger partial charge in [0, 0.05) is 46.9 Å². The van der Waals surface area contributed by atoms with Crippen molar-refractivity contribution in [2.45, 2.75) is 19.8 Å². The second-order valence-electron chi connectivity index (χ2n) is 7.39. The first kappa shape index (κ1) is 20.6. The number of carbonyl (C=O) groups is 2. The molecule has 1 saturated heterocycles. The molecule has 6 nitrogen and oxygen atoms in total. The molecule has 3 aromatic rings. The van der Waals surface area contributed by atoms with Crippen LogP contribution in [-0.2, 0) is 4.79 Å². The molecule has 1 N–H and O–H groups in total. The second kappa shape index (κ2) is 8.20. The smallest absolute Gasteiger partial charge is 0.371 e. The van der Waals surface area contributed by atoms with E-state index in [9.17, 15) is 9.59 Å². The minimum absolute atomic E-state index is 0.0704. The average molecular weight is 447 g/mol. The van der Waals surface area contributed by atoms with Gasteiger partial charge in [0.25, 0.3) is 0 Å². The van der Waals surface area contributed by atoms with E-state index in [0.29, 0.717) is 42.2 Å². The maximum absolute atomic E-state index is 12.8. The Hall–Kier alpha value is -2.70. The van der Waals surface area contributed by atoms with Crippen molar-refractivity contribution in [2.24, 2.45) is 5.92 Å². The zero-order valence-corrected chi connectivity index (χ0v) is 17.8. The summed E-state index contributed by atoms with van der Waals surface area (Å²) < 4.78 is 6.56. The zero-order chi connectivity index (χ0) is 21.4. The molecule has 8 heteroatoms. The number of carbonyl (C=O) groups excluding carboxylic acids is 1. The first-order valence-electron chi connectivity index (χ1n) is 9.62. The molecule has 0 unspecified atom stereocenters. The maximum atomic E-state index is 12.8. The summed E-state index contributed by atoms with van der Waals surface area (Å²) in [5.41, 5.74) is 3.14. The van der Waals surface area contributed by atoms with E-state index in [2.05, 4.69) is 4.90 Å². The van der Waals surface area contributed by atoms with Crippen LogP contribution in [-0.4, -0.2) is 30.1 Å². The zero-order valence-electron chi connectivity index (χ0n) is 16.3. The molecule has 1 amide bonds. The van der Waals surface area contributed by atoms with Crippen molar-refractivity contribution >= 4 is 57.6 Å². The average Bonchev–Trinajstić information content (AvgIpc) is 3.20. The third-order valence-electron chi connectivity index (χ3n) is 5.58. The minimum atomic E-state index is -1.09. The predicted molar refractivity (Wildman–Crippen MR) is 118 cm³/mol. The van der Waals surface area contributed by atoms with Crippen molar-refractivity contribution in [3.63, 3.8) is 0 Å². The van der Waals surface area contributed by atoms with E-state index < -0.39 is 5.97 Å². The summed E-state index contributed by atoms with van der Waals surface area (Å²) >= 11 is 12.2. The van der Waals surface area contributed by atoms with E-state index in [4.69, 9.17) is 32.9 Å². The summed E-state index contributed by atoms with van der Waals surface area (Å²) in [5.74, 6) is -1.44. The summed E-state index contributed by atoms with van der Waals surface area (Å²) in [7, 11) is 0. The van der Waals surface area contributed by atoms with Crippen LogP contribution in [0.2, 0.25) is 5.02 Å². The highest BCUT2D eigenvalue weighted by Gasteiger charge is 2.29. The van der Waals surface area contributed by atoms with Crippen LogP contribution in [0.5, 0.6) is 0 Å². The van der Waals surface area contributed by atoms with E-state index in [1.165, 1.54) is 4.42 Å². The van der Waals surface area contributed by atoms with Gasteiger partial charge in [-0.3, -0.25) is 4.79 Å². The lowest BCUT2D eigenvalue weighted by atomic mass is 9.94. The molecule has 0 radical (unpaired) electrons. The Kier molecular flexibility index (Phi) is 5.62. The van der Waals surface area contributed by atoms with Crippen molar-refractivity contribution in [3.8, 4) is 0 Å². The summed E-state index contributed by atoms with van der Waals surface area (Å²) in [6.07, 6.45) is 1.36. The minimum Gasteiger partial charge on any atom is -0.475 e. The Bertz CT molecular complexity index is 1100. The second-order valence-corrected chi connectivity index (χ2v) is 8.17. The van der Waals surface area contributed by atoms with Gasteiger partial charge in [-0.15, -0.1) is 0 Å². The first-order valence-corrected chi connectivity index (χ1v) is 10.3. The highest BCUT2D eigenvalue weighted by atomic mass is 35.5. The third kappa shape index (κ3) is 3.85. The van der Waals surface area contributed by atoms with Crippen LogP contribution in [0.15, 0.2) is 46.9 Å². The SMILES string of the molecule is Cc1c(N2CCC(C(=O)N(Cl)c3ccc(Cl)cc3)CC2)ccc2oc(C(=O)O)cc12. The lowest BCUT2D eigenvalue weighted by Crippen LogP contribution is -2.40. The molecule has 0 aliphatic carbocycles. The van der Waals surface area contributed by atoms with Gasteiger partial charge in [0.15, 0.2) is 0 Å². The molecular formula is C22H20Cl2N2O4. The summed E-state index contributed by atoms with van der Waals surface area (Å²) in [5, 5.41) is 10.5. The van der Waals surface area contributed by atoms with Gasteiger partial charge in [0.2, 0.25) is 11.7 Å². The highest BCUT2D eigenvalue weighted by Crippen LogP contribution is 2.34. The number of fused-ring (bicyclic) bond motifs is 1. The first-order chi connectivity index (χ1) is 14.3. The molecule has 30 heavy (non-hydrogen) atoms. The Morgan fingerprint density at radius 1 is 1.13 bits per heavy atom. The molecule has 2 aromatic carbocycles. The van der Waals surface area contributed by atoms with Crippen LogP contribution >= 0.6 is 23.4 Å². The standard InChI is InChI=1S/C22H20Cl2N2O4/c1-13-17-12-20(22(28)29)30-19(17)7-6-18(13)25-10-8-14(9-11-25)21(27)26(24)16-4-2-15(23)3-5-16/h2-7,12,14H,8-11H2,1H3,(H,28,29). The maximum Gasteiger partial charge on any atom is 0.371 e. The van der Waals surface area contributed by atoms with E-state index >= 15 is 0 Å². The third-order valence-corrected chi connectivity index (χ3v) is 6.20. The van der Waals surface area contributed by atoms with Gasteiger partial charge in [0.1, 0.15) is 5.58 Å². The van der Waals surface area contributed by atoms with Gasteiger partial charge >= 0.3 is 5.97 Å². The Morgan fingerprint density at radius 3 is 2.43 bits per heavy atom. The van der Waals surface area contributed by atoms with Gasteiger partial charge in [0.05, 0.1) is 5.69 Å². The Labute approximate surface area is 183 Å². The van der Waals surface area contributed by atoms with Gasteiger partial charge in [-0.25, -0.2) is 9.21 Å². The molecule has 1 fully saturated rings. The summed E-state index contributed by atoms with van der Waals surface area (Å²) in [6, 6.07) is 12.1. The number of benzene rings is 2. The fourth-order valence-electron chi connectivity index (χ4n) is 3.91. The Morgan fingerprint density at radius 2 is 1.80 bits per heavy atom. The molecule has 1 aromatic heterocycles. The molecule has 2 heterocycles. The van der Waals surface area contributed by atoms with Crippen molar-refractivity contribution in [1.29, 1.82) is 0 Å². The summed E-state index contributed by atoms with van der Waals surface area (Å²) in [6.45, 7) is 3.37. The van der Waals surface area contributed by atoms with Gasteiger partial charge in [-0.1, -0.05) is 11.6 Å². The van der Waals surface area contributed by atoms with E-state index in [-0.39, 0.29) is 17.6 Å². The van der Waals surface area contributed by atoms with Crippen molar-refractivity contribution in [3.05, 3.63) is 58.8 Å².